The molecule has 3 heterocycles. The summed E-state index contributed by atoms with van der Waals surface area (Å²) in [7, 11) is -11.3. The van der Waals surface area contributed by atoms with Crippen molar-refractivity contribution >= 4 is 76.7 Å². The van der Waals surface area contributed by atoms with Gasteiger partial charge in [-0.2, -0.15) is 0 Å². The largest absolute Gasteiger partial charge is 0.481 e. The molecule has 1 aliphatic heterocycles. The number of nitrogens with two attached hydrogens (primary N) is 1. The minimum absolute atomic E-state index is 0.00832. The smallest absolute Gasteiger partial charge is 0.479 e. The molecule has 1 fully saturated rings. The molecule has 0 aromatic carbocycles. The molecule has 3 rings (SSSR count). The Labute approximate surface area is 407 Å². The molecule has 0 aliphatic carbocycles. The summed E-state index contributed by atoms with van der Waals surface area (Å²) in [6, 6.07) is 0. The molecular formula is C40H70N7O18P3S. The number of thioether (sulfide) groups is 1. The Kier molecular flexibility index (Phi) is 24.6. The Bertz CT molecular complexity index is 2020. The van der Waals surface area contributed by atoms with Crippen LogP contribution in [-0.2, 0) is 46.4 Å². The molecule has 1 saturated heterocycles. The molecular weight excluding hydrogens is 991 g/mol. The molecule has 0 bridgehead atoms. The number of hydrogen-bond acceptors (Lipinski definition) is 21. The van der Waals surface area contributed by atoms with Gasteiger partial charge in [0.2, 0.25) is 11.8 Å². The second-order valence-corrected chi connectivity index (χ2v) is 23.0. The third-order valence-corrected chi connectivity index (χ3v) is 15.3. The van der Waals surface area contributed by atoms with Gasteiger partial charge in [-0.05, 0) is 39.5 Å². The molecule has 25 nitrogen and oxygen atoms in total. The van der Waals surface area contributed by atoms with Crippen molar-refractivity contribution < 1.29 is 86.4 Å². The van der Waals surface area contributed by atoms with E-state index in [-0.39, 0.29) is 41.6 Å². The summed E-state index contributed by atoms with van der Waals surface area (Å²) < 4.78 is 39.6. The average Bonchev–Trinajstić information content (AvgIpc) is 3.83. The van der Waals surface area contributed by atoms with Gasteiger partial charge in [0.25, 0.3) is 0 Å². The zero-order chi connectivity index (χ0) is 51.7. The Morgan fingerprint density at radius 2 is 1.58 bits per heavy atom. The second kappa shape index (κ2) is 28.0. The number of anilines is 1. The highest BCUT2D eigenvalue weighted by Gasteiger charge is 2.48. The predicted molar refractivity (Wildman–Crippen MR) is 253 cm³/mol. The zero-order valence-electron chi connectivity index (χ0n) is 39.7. The quantitative estimate of drug-likeness (QED) is 0.0361. The number of aliphatic hydroxyl groups excluding tert-OH is 3. The molecule has 2 aromatic rings. The maximum absolute atomic E-state index is 12.9. The summed E-state index contributed by atoms with van der Waals surface area (Å²) in [5, 5.41) is 46.3. The van der Waals surface area contributed by atoms with Crippen molar-refractivity contribution in [1.29, 1.82) is 0 Å². The number of rotatable bonds is 33. The molecule has 394 valence electrons. The molecule has 0 radical (unpaired) electrons. The van der Waals surface area contributed by atoms with Gasteiger partial charge in [-0.25, -0.2) is 23.8 Å². The summed E-state index contributed by atoms with van der Waals surface area (Å²) in [5.74, 6) is -1.75. The minimum atomic E-state index is -5.11. The SMILES string of the molecule is CC(C)(CCCCCC(O)CCCCCC(C)(C)C(=O)SCCNC(=O)CCNC(=O)C(O)C(C)(C)COP(=O)(O)OP(O)OCC1OC(n2cnc3c(N)ncnc32)C(O)C1OP(O)O)C(=O)O. The van der Waals surface area contributed by atoms with Gasteiger partial charge in [0.15, 0.2) is 22.8 Å². The third-order valence-electron chi connectivity index (χ3n) is 11.4. The van der Waals surface area contributed by atoms with E-state index in [1.54, 1.807) is 13.8 Å². The standard InChI is InChI=1S/C40H70N7O18P3S/c1-38(2,36(53)54)16-11-7-9-13-25(48)14-10-8-12-17-39(3,4)37(55)69-20-19-42-27(49)15-18-43-34(52)31(51)40(5,6)22-62-68(59,60)65-67(58)61-21-26-30(64-66(56)57)29(50)35(63-26)47-24-46-28-32(41)44-23-45-33(28)47/h23-26,29-31,35,48,50-51,56-58H,7-22H2,1-6H3,(H,42,49)(H,43,52)(H,53,54)(H,59,60)(H2,41,44,45). The van der Waals surface area contributed by atoms with E-state index >= 15 is 0 Å². The Hall–Kier alpha value is -2.61. The number of nitrogens with zero attached hydrogens (tertiary/aromatic N) is 4. The number of phosphoric acid groups is 1. The van der Waals surface area contributed by atoms with Crippen LogP contribution in [-0.4, -0.2) is 145 Å². The topological polar surface area (TPSA) is 387 Å². The van der Waals surface area contributed by atoms with E-state index in [9.17, 15) is 63.7 Å². The number of phosphoric ester groups is 1. The molecule has 1 aliphatic rings. The van der Waals surface area contributed by atoms with Crippen molar-refractivity contribution in [3.8, 4) is 0 Å². The van der Waals surface area contributed by atoms with Crippen LogP contribution in [0.3, 0.4) is 0 Å². The van der Waals surface area contributed by atoms with Crippen molar-refractivity contribution in [2.24, 2.45) is 16.2 Å². The molecule has 2 amide bonds. The van der Waals surface area contributed by atoms with Gasteiger partial charge in [0.05, 0.1) is 31.1 Å². The summed E-state index contributed by atoms with van der Waals surface area (Å²) >= 11 is 1.12. The van der Waals surface area contributed by atoms with Gasteiger partial charge in [-0.15, -0.1) is 0 Å². The summed E-state index contributed by atoms with van der Waals surface area (Å²) in [6.07, 6.45) is 2.08. The fourth-order valence-corrected chi connectivity index (χ4v) is 10.2. The van der Waals surface area contributed by atoms with Crippen LogP contribution in [0.2, 0.25) is 0 Å². The molecule has 69 heavy (non-hydrogen) atoms. The van der Waals surface area contributed by atoms with Crippen LogP contribution in [0.25, 0.3) is 11.2 Å². The highest BCUT2D eigenvalue weighted by Crippen LogP contribution is 2.56. The molecule has 29 heteroatoms. The first-order chi connectivity index (χ1) is 32.2. The van der Waals surface area contributed by atoms with E-state index in [1.807, 2.05) is 13.8 Å². The number of nitrogens with one attached hydrogen (secondary N) is 2. The van der Waals surface area contributed by atoms with Crippen molar-refractivity contribution in [2.45, 2.75) is 149 Å². The monoisotopic (exact) mass is 1060 g/mol. The molecule has 0 spiro atoms. The zero-order valence-corrected chi connectivity index (χ0v) is 43.2. The van der Waals surface area contributed by atoms with E-state index in [0.717, 1.165) is 56.6 Å². The average molecular weight is 1060 g/mol. The molecule has 2 aromatic heterocycles. The number of nitrogen functional groups attached to an aromatic ring is 1. The van der Waals surface area contributed by atoms with Crippen LogP contribution >= 0.6 is 36.8 Å². The maximum atomic E-state index is 12.9. The summed E-state index contributed by atoms with van der Waals surface area (Å²) in [6.45, 7) is 8.49. The van der Waals surface area contributed by atoms with Crippen LogP contribution in [0.4, 0.5) is 5.82 Å². The van der Waals surface area contributed by atoms with E-state index in [4.69, 9.17) is 24.0 Å². The number of fused-ring (bicyclic) bond motifs is 1. The van der Waals surface area contributed by atoms with Crippen molar-refractivity contribution in [3.05, 3.63) is 12.7 Å². The number of carbonyl (C=O) groups is 4. The number of unbranched alkanes of at least 4 members (excludes halogenated alkanes) is 4. The maximum Gasteiger partial charge on any atom is 0.479 e. The summed E-state index contributed by atoms with van der Waals surface area (Å²) in [5.41, 5.74) is 3.35. The number of hydrogen-bond donors (Lipinski definition) is 11. The van der Waals surface area contributed by atoms with Crippen molar-refractivity contribution in [1.82, 2.24) is 30.2 Å². The molecule has 8 unspecified atom stereocenters. The van der Waals surface area contributed by atoms with E-state index in [1.165, 1.54) is 24.7 Å². The molecule has 8 atom stereocenters. The number of imidazole rings is 1. The highest BCUT2D eigenvalue weighted by atomic mass is 32.2. The van der Waals surface area contributed by atoms with E-state index in [0.29, 0.717) is 31.4 Å². The van der Waals surface area contributed by atoms with Crippen LogP contribution in [0, 0.1) is 16.2 Å². The van der Waals surface area contributed by atoms with Crippen LogP contribution < -0.4 is 16.4 Å². The van der Waals surface area contributed by atoms with Gasteiger partial charge in [0, 0.05) is 36.1 Å². The Morgan fingerprint density at radius 1 is 0.942 bits per heavy atom. The molecule has 0 saturated carbocycles. The van der Waals surface area contributed by atoms with Crippen LogP contribution in [0.15, 0.2) is 12.7 Å². The van der Waals surface area contributed by atoms with Crippen molar-refractivity contribution in [2.75, 3.05) is 37.8 Å². The third kappa shape index (κ3) is 20.1. The first-order valence-electron chi connectivity index (χ1n) is 22.4. The first kappa shape index (κ1) is 60.7. The van der Waals surface area contributed by atoms with Gasteiger partial charge in [-0.3, -0.25) is 28.3 Å². The number of aliphatic hydroxyl groups is 3. The Morgan fingerprint density at radius 3 is 2.20 bits per heavy atom. The number of carboxylic acid groups (broad SMARTS) is 1. The summed E-state index contributed by atoms with van der Waals surface area (Å²) in [4.78, 5) is 101. The van der Waals surface area contributed by atoms with Gasteiger partial charge >= 0.3 is 31.0 Å². The number of aliphatic carboxylic acids is 1. The number of ether oxygens (including phenoxy) is 1. The molecule has 12 N–H and O–H groups in total. The lowest BCUT2D eigenvalue weighted by Crippen LogP contribution is -2.46. The van der Waals surface area contributed by atoms with E-state index in [2.05, 4.69) is 29.9 Å². The van der Waals surface area contributed by atoms with Crippen molar-refractivity contribution in [3.63, 3.8) is 0 Å². The fourth-order valence-electron chi connectivity index (χ4n) is 6.95. The number of aromatic nitrogens is 4. The lowest BCUT2D eigenvalue weighted by Gasteiger charge is -2.30. The normalized spacial score (nSPS) is 20.1. The first-order valence-corrected chi connectivity index (χ1v) is 27.2. The van der Waals surface area contributed by atoms with Gasteiger partial charge < -0.3 is 70.2 Å². The number of amides is 2. The number of carboxylic acids is 1. The fraction of sp³-hybridized carbons (Fsp3) is 0.775. The highest BCUT2D eigenvalue weighted by molar-refractivity contribution is 8.13. The van der Waals surface area contributed by atoms with Crippen LogP contribution in [0.1, 0.15) is 118 Å². The Balaban J connectivity index is 1.29. The predicted octanol–water partition coefficient (Wildman–Crippen LogP) is 3.30. The minimum Gasteiger partial charge on any atom is -0.481 e. The van der Waals surface area contributed by atoms with Gasteiger partial charge in [-0.1, -0.05) is 78.0 Å². The lowest BCUT2D eigenvalue weighted by atomic mass is 9.87. The van der Waals surface area contributed by atoms with E-state index < -0.39 is 109 Å². The van der Waals surface area contributed by atoms with Crippen LogP contribution in [0.5, 0.6) is 0 Å². The number of carbonyl (C=O) groups excluding carboxylic acids is 3. The lowest BCUT2D eigenvalue weighted by molar-refractivity contribution is -0.147. The second-order valence-electron chi connectivity index (χ2n) is 18.7. The van der Waals surface area contributed by atoms with Gasteiger partial charge in [0.1, 0.15) is 36.3 Å².